The van der Waals surface area contributed by atoms with Crippen molar-refractivity contribution < 1.29 is 146 Å². The minimum Gasteiger partial charge on any atom is -0.508 e. The van der Waals surface area contributed by atoms with E-state index in [9.17, 15) is 146 Å². The third kappa shape index (κ3) is 42.3. The molecule has 0 spiro atoms. The quantitative estimate of drug-likeness (QED) is 0.0183. The van der Waals surface area contributed by atoms with Gasteiger partial charge in [-0.05, 0) is 143 Å². The van der Waals surface area contributed by atoms with Gasteiger partial charge in [-0.1, -0.05) is 117 Å². The Labute approximate surface area is 864 Å². The molecular weight excluding hydrogens is 1970 g/mol. The molecule has 1 saturated heterocycles. The standard InChI is InChI=1S/C97H145N23O30/c1-11-49(6)78(118-89(141)67(38-56-40-101-60-20-15-14-19-59(56)60)112-85(137)63(31-32-77(132)133)110-87(139)64(35-48(4)5)108-74(129)42-103-83(135)62(21-16-17-33-98)107-73(128)41-102-82(134)61-22-18-34-100-61)93(145)105-44-76(131)117-79(50(7)12-2)95(147)119-80(51(8)13-3)94(146)116-71(47-123)92(144)115-70(46-122)91(143)114-69(45-121)84(136)104-43-75(130)109-68(39-72(99)127)90(142)120-81(53(10)124)96(148)113-66(37-55-25-29-58(126)30-26-55)88(140)111-65(86(138)106-52(9)97(149)150)36-54-23-27-57(125)28-24-54/h14-15,19-20,23-30,40,48-53,61-71,78-81,100-101,121-126H,11-13,16-18,21-22,31-39,41-47,98H2,1-10H3,(H2,99,127)(H,102,134)(H,103,135)(H,104,136)(H,105,145)(H,106,138)(H,107,128)(H,108,129)(H,109,130)(H,110,139)(H,111,140)(H,112,137)(H,113,148)(H,114,143)(H,115,144)(H,116,146)(H,117,131)(H,118,141)(H,119,147)(H,120,142)(H,132,133)(H,149,150)/t49-,50-,51-,52-,53+,61-,62-,63-,64-,65-,66-,67-,68-,69-,70-,71-,78-,79-,80-,81-/m0/s1. The summed E-state index contributed by atoms with van der Waals surface area (Å²) < 4.78 is 0. The van der Waals surface area contributed by atoms with Crippen molar-refractivity contribution in [2.45, 2.75) is 268 Å². The monoisotopic (exact) mass is 2110 g/mol. The highest BCUT2D eigenvalue weighted by atomic mass is 16.4. The van der Waals surface area contributed by atoms with Crippen LogP contribution in [0.4, 0.5) is 0 Å². The van der Waals surface area contributed by atoms with Crippen molar-refractivity contribution in [3.05, 3.63) is 95.7 Å². The second-order valence-corrected chi connectivity index (χ2v) is 37.1. The number of aliphatic hydroxyl groups is 4. The van der Waals surface area contributed by atoms with E-state index >= 15 is 0 Å². The zero-order chi connectivity index (χ0) is 112. The summed E-state index contributed by atoms with van der Waals surface area (Å²) in [5.41, 5.74) is 12.9. The number of fused-ring (bicyclic) bond motifs is 1. The molecule has 5 rings (SSSR count). The first-order valence-corrected chi connectivity index (χ1v) is 49.4. The summed E-state index contributed by atoms with van der Waals surface area (Å²) in [6.45, 7) is 9.39. The van der Waals surface area contributed by atoms with Crippen LogP contribution >= 0.6 is 0 Å². The first-order chi connectivity index (χ1) is 71.0. The molecule has 1 aliphatic heterocycles. The summed E-state index contributed by atoms with van der Waals surface area (Å²) in [6, 6.07) is -8.13. The lowest BCUT2D eigenvalue weighted by atomic mass is 9.94. The minimum absolute atomic E-state index is 0.0578. The number of aliphatic carboxylic acids is 2. The lowest BCUT2D eigenvalue weighted by Gasteiger charge is -2.30. The fraction of sp³-hybridized carbons (Fsp3) is 0.567. The van der Waals surface area contributed by atoms with Crippen LogP contribution in [0.15, 0.2) is 79.0 Å². The number of phenolic OH excluding ortho intramolecular Hbond substituents is 2. The number of carbonyl (C=O) groups is 22. The van der Waals surface area contributed by atoms with Gasteiger partial charge in [0.15, 0.2) is 0 Å². The Bertz CT molecular complexity index is 5290. The Morgan fingerprint density at radius 3 is 1.27 bits per heavy atom. The third-order valence-corrected chi connectivity index (χ3v) is 24.8. The molecule has 3 aromatic carbocycles. The maximum Gasteiger partial charge on any atom is 0.325 e. The van der Waals surface area contributed by atoms with E-state index in [1.54, 1.807) is 78.9 Å². The Balaban J connectivity index is 1.23. The van der Waals surface area contributed by atoms with Gasteiger partial charge in [-0.2, -0.15) is 0 Å². The molecule has 53 heteroatoms. The molecule has 150 heavy (non-hydrogen) atoms. The van der Waals surface area contributed by atoms with Crippen LogP contribution < -0.4 is 118 Å². The smallest absolute Gasteiger partial charge is 0.325 e. The van der Waals surface area contributed by atoms with Crippen molar-refractivity contribution in [3.63, 3.8) is 0 Å². The van der Waals surface area contributed by atoms with Gasteiger partial charge in [0, 0.05) is 42.8 Å². The van der Waals surface area contributed by atoms with Crippen molar-refractivity contribution in [1.82, 2.24) is 111 Å². The number of benzene rings is 3. The fourth-order valence-electron chi connectivity index (χ4n) is 15.4. The molecule has 53 nitrogen and oxygen atoms in total. The number of rotatable bonds is 66. The van der Waals surface area contributed by atoms with Gasteiger partial charge < -0.3 is 164 Å². The van der Waals surface area contributed by atoms with Crippen LogP contribution in [0.1, 0.15) is 163 Å². The van der Waals surface area contributed by atoms with E-state index in [2.05, 4.69) is 106 Å². The molecular formula is C97H145N23O30. The van der Waals surface area contributed by atoms with E-state index in [0.717, 1.165) is 20.3 Å². The van der Waals surface area contributed by atoms with Crippen LogP contribution in [-0.4, -0.2) is 338 Å². The highest BCUT2D eigenvalue weighted by Crippen LogP contribution is 2.23. The summed E-state index contributed by atoms with van der Waals surface area (Å²) in [6.07, 6.45) is -0.666. The van der Waals surface area contributed by atoms with Crippen molar-refractivity contribution in [3.8, 4) is 11.5 Å². The van der Waals surface area contributed by atoms with E-state index in [-0.39, 0.29) is 74.8 Å². The number of hydrogen-bond acceptors (Lipinski definition) is 30. The lowest BCUT2D eigenvalue weighted by Crippen LogP contribution is -2.62. The number of aliphatic hydroxyl groups excluding tert-OH is 4. The van der Waals surface area contributed by atoms with Gasteiger partial charge in [-0.15, -0.1) is 0 Å². The number of unbranched alkanes of at least 4 members (excludes halogenated alkanes) is 1. The maximum absolute atomic E-state index is 15.0. The Kier molecular flexibility index (Phi) is 53.1. The van der Waals surface area contributed by atoms with Gasteiger partial charge in [-0.3, -0.25) is 105 Å². The fourth-order valence-corrected chi connectivity index (χ4v) is 15.4. The molecule has 1 aromatic heterocycles. The Morgan fingerprint density at radius 1 is 0.400 bits per heavy atom. The number of carboxylic acids is 2. The van der Waals surface area contributed by atoms with Crippen molar-refractivity contribution in [2.24, 2.45) is 35.1 Å². The van der Waals surface area contributed by atoms with Crippen molar-refractivity contribution >= 4 is 141 Å². The summed E-state index contributed by atoms with van der Waals surface area (Å²) in [7, 11) is 0. The van der Waals surface area contributed by atoms with E-state index in [1.807, 2.05) is 5.32 Å². The zero-order valence-electron chi connectivity index (χ0n) is 85.3. The Hall–Kier alpha value is -15.1. The number of aromatic hydroxyl groups is 2. The van der Waals surface area contributed by atoms with Crippen LogP contribution in [0.3, 0.4) is 0 Å². The molecule has 0 saturated carbocycles. The number of amides is 20. The van der Waals surface area contributed by atoms with Gasteiger partial charge >= 0.3 is 11.9 Å². The van der Waals surface area contributed by atoms with Gasteiger partial charge in [0.2, 0.25) is 118 Å². The van der Waals surface area contributed by atoms with Gasteiger partial charge in [0.1, 0.15) is 102 Å². The number of primary amides is 1. The topological polar surface area (TPSA) is 846 Å². The number of H-pyrrole nitrogens is 1. The molecule has 0 unspecified atom stereocenters. The molecule has 0 aliphatic carbocycles. The highest BCUT2D eigenvalue weighted by Gasteiger charge is 2.41. The van der Waals surface area contributed by atoms with Crippen LogP contribution in [0, 0.1) is 23.7 Å². The number of carboxylic acid groups (broad SMARTS) is 2. The molecule has 0 bridgehead atoms. The number of para-hydroxylation sites is 1. The van der Waals surface area contributed by atoms with Gasteiger partial charge in [-0.25, -0.2) is 0 Å². The Morgan fingerprint density at radius 2 is 0.780 bits per heavy atom. The summed E-state index contributed by atoms with van der Waals surface area (Å²) in [5.74, 6) is -26.7. The molecule has 20 atom stereocenters. The lowest BCUT2D eigenvalue weighted by molar-refractivity contribution is -0.142. The maximum atomic E-state index is 15.0. The third-order valence-electron chi connectivity index (χ3n) is 24.8. The van der Waals surface area contributed by atoms with Gasteiger partial charge in [0.25, 0.3) is 0 Å². The first-order valence-electron chi connectivity index (χ1n) is 49.4. The molecule has 828 valence electrons. The number of nitrogens with two attached hydrogens (primary N) is 2. The van der Waals surface area contributed by atoms with Gasteiger partial charge in [0.05, 0.1) is 64.6 Å². The molecule has 1 fully saturated rings. The zero-order valence-corrected chi connectivity index (χ0v) is 85.3. The summed E-state index contributed by atoms with van der Waals surface area (Å²) >= 11 is 0. The molecule has 33 N–H and O–H groups in total. The second kappa shape index (κ2) is 63.6. The number of phenols is 2. The molecule has 20 amide bonds. The van der Waals surface area contributed by atoms with E-state index in [1.165, 1.54) is 55.5 Å². The minimum atomic E-state index is -2.04. The summed E-state index contributed by atoms with van der Waals surface area (Å²) in [4.78, 5) is 304. The number of carbonyl (C=O) groups excluding carboxylic acids is 20. The highest BCUT2D eigenvalue weighted by molar-refractivity contribution is 6.03. The number of nitrogens with one attached hydrogen (secondary N) is 21. The summed E-state index contributed by atoms with van der Waals surface area (Å²) in [5, 5.41) is 130. The average Bonchev–Trinajstić information content (AvgIpc) is 1.63. The van der Waals surface area contributed by atoms with E-state index in [0.29, 0.717) is 53.4 Å². The SMILES string of the molecule is CC[C@H](C)[C@H](NC(=O)CNC(=O)[C@@H](NC(=O)[C@H](Cc1c[nH]c2ccccc12)NC(=O)[C@H](CCC(=O)O)NC(=O)[C@H](CC(C)C)NC(=O)CNC(=O)[C@H](CCCCN)NC(=O)CNC(=O)[C@@H]1CCCN1)[C@@H](C)CC)C(=O)N[C@H](C(=O)N[C@@H](CO)C(=O)N[C@@H](CO)C(=O)N[C@@H](CO)C(=O)NCC(=O)N[C@@H](CC(N)=O)C(=O)N[C@H](C(=O)N[C@@H](Cc1ccc(O)cc1)C(=O)N[C@@H](Cc1ccc(O)cc1)C(=O)N[C@@H](C)C(=O)O)[C@@H](C)O)[C@@H](C)CC. The van der Waals surface area contributed by atoms with E-state index < -0.39 is 316 Å². The average molecular weight is 2110 g/mol. The van der Waals surface area contributed by atoms with Crippen LogP contribution in [0.25, 0.3) is 10.9 Å². The van der Waals surface area contributed by atoms with Crippen molar-refractivity contribution in [2.75, 3.05) is 59.1 Å². The predicted molar refractivity (Wildman–Crippen MR) is 535 cm³/mol. The molecule has 2 heterocycles. The normalized spacial score (nSPS) is 16.0. The van der Waals surface area contributed by atoms with Crippen LogP contribution in [0.2, 0.25) is 0 Å². The van der Waals surface area contributed by atoms with Crippen LogP contribution in [0.5, 0.6) is 11.5 Å². The first kappa shape index (κ1) is 125. The van der Waals surface area contributed by atoms with Crippen molar-refractivity contribution in [1.29, 1.82) is 0 Å². The van der Waals surface area contributed by atoms with Crippen LogP contribution in [-0.2, 0) is 125 Å². The number of hydrogen-bond donors (Lipinski definition) is 31. The predicted octanol–water partition coefficient (Wildman–Crippen LogP) is -8.39. The van der Waals surface area contributed by atoms with E-state index in [4.69, 9.17) is 11.5 Å². The molecule has 0 radical (unpaired) electrons. The number of aromatic nitrogens is 1. The largest absolute Gasteiger partial charge is 0.508 e. The molecule has 1 aliphatic rings. The second-order valence-electron chi connectivity index (χ2n) is 37.1. The molecule has 4 aromatic rings. The number of aromatic amines is 1.